The number of rotatable bonds is 2. The third kappa shape index (κ3) is 4.39. The molecule has 2 aromatic carbocycles. The maximum absolute atomic E-state index is 13.4. The molecule has 10 heteroatoms. The first kappa shape index (κ1) is 20.4. The molecular weight excluding hydrogens is 424 g/mol. The number of amides is 1. The molecule has 146 valence electrons. The number of benzene rings is 2. The lowest BCUT2D eigenvalue weighted by atomic mass is 9.95. The zero-order valence-electron chi connectivity index (χ0n) is 13.6. The average Bonchev–Trinajstić information content (AvgIpc) is 2.90. The minimum absolute atomic E-state index is 0.0707. The Hall–Kier alpha value is -2.33. The van der Waals surface area contributed by atoms with Gasteiger partial charge in [-0.1, -0.05) is 48.2 Å². The van der Waals surface area contributed by atoms with Crippen molar-refractivity contribution in [2.24, 2.45) is 0 Å². The van der Waals surface area contributed by atoms with E-state index in [1.807, 2.05) is 0 Å². The van der Waals surface area contributed by atoms with Crippen molar-refractivity contribution in [2.45, 2.75) is 12.4 Å². The Bertz CT molecular complexity index is 994. The monoisotopic (exact) mass is 433 g/mol. The van der Waals surface area contributed by atoms with E-state index in [0.717, 1.165) is 17.8 Å². The Balaban J connectivity index is 2.08. The van der Waals surface area contributed by atoms with Crippen LogP contribution < -0.4 is 5.32 Å². The molecule has 0 unspecified atom stereocenters. The van der Waals surface area contributed by atoms with Crippen LogP contribution in [0.2, 0.25) is 0 Å². The second-order valence-corrected chi connectivity index (χ2v) is 7.45. The van der Waals surface area contributed by atoms with E-state index in [0.29, 0.717) is 11.6 Å². The van der Waals surface area contributed by atoms with E-state index in [-0.39, 0.29) is 26.4 Å². The zero-order valence-corrected chi connectivity index (χ0v) is 15.2. The van der Waals surface area contributed by atoms with Gasteiger partial charge in [0.15, 0.2) is 0 Å². The number of carbonyl (C=O) groups is 1. The Morgan fingerprint density at radius 3 is 2.25 bits per heavy atom. The maximum Gasteiger partial charge on any atom is 0.417 e. The van der Waals surface area contributed by atoms with Crippen molar-refractivity contribution in [3.8, 4) is 11.1 Å². The van der Waals surface area contributed by atoms with Crippen LogP contribution in [0.15, 0.2) is 47.4 Å². The van der Waals surface area contributed by atoms with Crippen LogP contribution >= 0.6 is 24.0 Å². The van der Waals surface area contributed by atoms with Gasteiger partial charge in [-0.3, -0.25) is 4.79 Å². The fraction of sp³-hybridized carbons (Fsp3) is 0.111. The van der Waals surface area contributed by atoms with E-state index >= 15 is 0 Å². The Morgan fingerprint density at radius 1 is 0.964 bits per heavy atom. The number of alkyl halides is 6. The van der Waals surface area contributed by atoms with Crippen molar-refractivity contribution >= 4 is 40.3 Å². The molecule has 0 saturated carbocycles. The molecule has 0 aliphatic carbocycles. The van der Waals surface area contributed by atoms with E-state index < -0.39 is 29.4 Å². The summed E-state index contributed by atoms with van der Waals surface area (Å²) in [4.78, 5) is 12.0. The first-order valence-electron chi connectivity index (χ1n) is 7.59. The highest BCUT2D eigenvalue weighted by molar-refractivity contribution is 8.26. The minimum atomic E-state index is -4.97. The zero-order chi connectivity index (χ0) is 20.7. The summed E-state index contributed by atoms with van der Waals surface area (Å²) in [6.07, 6.45) is -8.42. The lowest BCUT2D eigenvalue weighted by molar-refractivity contribution is -0.142. The summed E-state index contributed by atoms with van der Waals surface area (Å²) in [6.45, 7) is 0. The van der Waals surface area contributed by atoms with Gasteiger partial charge < -0.3 is 5.32 Å². The summed E-state index contributed by atoms with van der Waals surface area (Å²) in [6, 6.07) is 7.22. The molecule has 1 aliphatic rings. The first-order valence-corrected chi connectivity index (χ1v) is 8.81. The molecule has 1 heterocycles. The van der Waals surface area contributed by atoms with Crippen LogP contribution in [-0.4, -0.2) is 10.2 Å². The fourth-order valence-electron chi connectivity index (χ4n) is 2.58. The minimum Gasteiger partial charge on any atom is -0.307 e. The van der Waals surface area contributed by atoms with Crippen molar-refractivity contribution < 1.29 is 31.1 Å². The third-order valence-corrected chi connectivity index (χ3v) is 4.95. The highest BCUT2D eigenvalue weighted by Crippen LogP contribution is 2.41. The van der Waals surface area contributed by atoms with E-state index in [1.54, 1.807) is 6.07 Å². The average molecular weight is 433 g/mol. The standard InChI is InChI=1S/C18H9F6NOS2/c19-17(20,21)11-4-5-12(13(8-11)18(22,23)24)10-3-1-2-9(6-10)7-14-15(26)25-16(27)28-14/h1-8H,(H,25,26,27). The van der Waals surface area contributed by atoms with Crippen LogP contribution in [0.5, 0.6) is 0 Å². The normalized spacial score (nSPS) is 16.6. The quantitative estimate of drug-likeness (QED) is 0.364. The molecule has 0 spiro atoms. The smallest absolute Gasteiger partial charge is 0.307 e. The molecule has 0 bridgehead atoms. The number of nitrogens with one attached hydrogen (secondary N) is 1. The predicted octanol–water partition coefficient (Wildman–Crippen LogP) is 5.88. The number of carbonyl (C=O) groups excluding carboxylic acids is 1. The van der Waals surface area contributed by atoms with E-state index in [4.69, 9.17) is 12.2 Å². The number of hydrogen-bond acceptors (Lipinski definition) is 3. The van der Waals surface area contributed by atoms with Crippen LogP contribution in [0.4, 0.5) is 26.3 Å². The number of thiocarbonyl (C=S) groups is 1. The molecule has 2 nitrogen and oxygen atoms in total. The van der Waals surface area contributed by atoms with Crippen LogP contribution in [0.3, 0.4) is 0 Å². The molecule has 1 fully saturated rings. The molecule has 1 aliphatic heterocycles. The van der Waals surface area contributed by atoms with Gasteiger partial charge >= 0.3 is 12.4 Å². The maximum atomic E-state index is 13.4. The lowest BCUT2D eigenvalue weighted by Gasteiger charge is -2.16. The van der Waals surface area contributed by atoms with Gasteiger partial charge in [-0.15, -0.1) is 0 Å². The van der Waals surface area contributed by atoms with Crippen molar-refractivity contribution in [3.63, 3.8) is 0 Å². The molecule has 1 saturated heterocycles. The third-order valence-electron chi connectivity index (χ3n) is 3.79. The Kier molecular flexibility index (Phi) is 5.28. The molecule has 1 amide bonds. The van der Waals surface area contributed by atoms with Crippen LogP contribution in [0, 0.1) is 0 Å². The molecule has 1 N–H and O–H groups in total. The number of hydrogen-bond donors (Lipinski definition) is 1. The first-order chi connectivity index (χ1) is 12.9. The topological polar surface area (TPSA) is 29.1 Å². The predicted molar refractivity (Wildman–Crippen MR) is 98.2 cm³/mol. The highest BCUT2D eigenvalue weighted by Gasteiger charge is 2.38. The molecule has 28 heavy (non-hydrogen) atoms. The SMILES string of the molecule is O=C1NC(=S)SC1=Cc1cccc(-c2ccc(C(F)(F)F)cc2C(F)(F)F)c1. The van der Waals surface area contributed by atoms with E-state index in [1.165, 1.54) is 24.3 Å². The van der Waals surface area contributed by atoms with Gasteiger partial charge in [-0.05, 0) is 41.0 Å². The Labute approximate surface area is 164 Å². The van der Waals surface area contributed by atoms with Crippen molar-refractivity contribution in [1.82, 2.24) is 5.32 Å². The molecule has 2 aromatic rings. The van der Waals surface area contributed by atoms with Crippen molar-refractivity contribution in [3.05, 3.63) is 64.1 Å². The molecular formula is C18H9F6NOS2. The molecule has 0 radical (unpaired) electrons. The summed E-state index contributed by atoms with van der Waals surface area (Å²) >= 11 is 5.87. The second kappa shape index (κ2) is 7.25. The number of halogens is 6. The van der Waals surface area contributed by atoms with Gasteiger partial charge in [0, 0.05) is 0 Å². The van der Waals surface area contributed by atoms with Gasteiger partial charge in [0.25, 0.3) is 5.91 Å². The summed E-state index contributed by atoms with van der Waals surface area (Å²) in [5.74, 6) is -0.425. The van der Waals surface area contributed by atoms with Gasteiger partial charge in [0.1, 0.15) is 4.32 Å². The van der Waals surface area contributed by atoms with Gasteiger partial charge in [-0.25, -0.2) is 0 Å². The second-order valence-electron chi connectivity index (χ2n) is 5.73. The number of thioether (sulfide) groups is 1. The highest BCUT2D eigenvalue weighted by atomic mass is 32.2. The summed E-state index contributed by atoms with van der Waals surface area (Å²) in [7, 11) is 0. The Morgan fingerprint density at radius 2 is 1.68 bits per heavy atom. The molecule has 0 aromatic heterocycles. The summed E-state index contributed by atoms with van der Waals surface area (Å²) < 4.78 is 78.9. The van der Waals surface area contributed by atoms with Gasteiger partial charge in [0.2, 0.25) is 0 Å². The summed E-state index contributed by atoms with van der Waals surface area (Å²) in [5, 5.41) is 2.41. The molecule has 0 atom stereocenters. The van der Waals surface area contributed by atoms with Gasteiger partial charge in [0.05, 0.1) is 16.0 Å². The largest absolute Gasteiger partial charge is 0.417 e. The van der Waals surface area contributed by atoms with Crippen molar-refractivity contribution in [2.75, 3.05) is 0 Å². The van der Waals surface area contributed by atoms with Crippen LogP contribution in [0.25, 0.3) is 17.2 Å². The van der Waals surface area contributed by atoms with Crippen LogP contribution in [-0.2, 0) is 17.1 Å². The van der Waals surface area contributed by atoms with Crippen molar-refractivity contribution in [1.29, 1.82) is 0 Å². The van der Waals surface area contributed by atoms with Crippen LogP contribution in [0.1, 0.15) is 16.7 Å². The lowest BCUT2D eigenvalue weighted by Crippen LogP contribution is -2.17. The van der Waals surface area contributed by atoms with E-state index in [2.05, 4.69) is 5.32 Å². The fourth-order valence-corrected chi connectivity index (χ4v) is 3.62. The van der Waals surface area contributed by atoms with Gasteiger partial charge in [-0.2, -0.15) is 26.3 Å². The summed E-state index contributed by atoms with van der Waals surface area (Å²) in [5.41, 5.74) is -2.68. The van der Waals surface area contributed by atoms with E-state index in [9.17, 15) is 31.1 Å². The molecule has 3 rings (SSSR count).